The number of H-pyrrole nitrogens is 1. The number of anilines is 1. The van der Waals surface area contributed by atoms with E-state index in [4.69, 9.17) is 0 Å². The highest BCUT2D eigenvalue weighted by atomic mass is 19.1. The van der Waals surface area contributed by atoms with Crippen LogP contribution in [-0.4, -0.2) is 29.0 Å². The maximum atomic E-state index is 14.7. The summed E-state index contributed by atoms with van der Waals surface area (Å²) >= 11 is 0. The molecule has 0 saturated carbocycles. The van der Waals surface area contributed by atoms with Gasteiger partial charge in [-0.3, -0.25) is 4.98 Å². The monoisotopic (exact) mass is 332 g/mol. The zero-order chi connectivity index (χ0) is 17.4. The second kappa shape index (κ2) is 6.02. The number of hydrogen-bond donors (Lipinski definition) is 1. The molecule has 1 N–H and O–H groups in total. The van der Waals surface area contributed by atoms with Crippen LogP contribution in [0.25, 0.3) is 33.3 Å². The van der Waals surface area contributed by atoms with Crippen LogP contribution in [0, 0.1) is 5.82 Å². The lowest BCUT2D eigenvalue weighted by atomic mass is 10.0. The molecule has 0 aliphatic heterocycles. The number of aromatic amines is 1. The number of nitrogens with one attached hydrogen (secondary N) is 1. The van der Waals surface area contributed by atoms with E-state index in [1.165, 1.54) is 0 Å². The predicted octanol–water partition coefficient (Wildman–Crippen LogP) is 4.50. The highest BCUT2D eigenvalue weighted by molar-refractivity contribution is 5.85. The van der Waals surface area contributed by atoms with E-state index in [1.807, 2.05) is 49.3 Å². The van der Waals surface area contributed by atoms with Crippen molar-refractivity contribution >= 4 is 16.7 Å². The molecule has 0 spiro atoms. The van der Waals surface area contributed by atoms with E-state index in [0.717, 1.165) is 33.5 Å². The van der Waals surface area contributed by atoms with Crippen LogP contribution < -0.4 is 4.90 Å². The Kier molecular flexibility index (Phi) is 3.69. The normalized spacial score (nSPS) is 11.0. The number of fused-ring (bicyclic) bond motifs is 1. The van der Waals surface area contributed by atoms with Crippen molar-refractivity contribution in [1.29, 1.82) is 0 Å². The van der Waals surface area contributed by atoms with Crippen LogP contribution in [0.1, 0.15) is 0 Å². The van der Waals surface area contributed by atoms with Crippen molar-refractivity contribution in [3.05, 3.63) is 66.9 Å². The van der Waals surface area contributed by atoms with Crippen LogP contribution in [0.4, 0.5) is 10.2 Å². The molecular weight excluding hydrogens is 315 g/mol. The first-order valence-electron chi connectivity index (χ1n) is 7.98. The third kappa shape index (κ3) is 2.85. The van der Waals surface area contributed by atoms with Gasteiger partial charge >= 0.3 is 0 Å². The maximum absolute atomic E-state index is 14.7. The van der Waals surface area contributed by atoms with E-state index < -0.39 is 0 Å². The smallest absolute Gasteiger partial charge is 0.133 e. The Labute approximate surface area is 145 Å². The predicted molar refractivity (Wildman–Crippen MR) is 99.0 cm³/mol. The summed E-state index contributed by atoms with van der Waals surface area (Å²) in [4.78, 5) is 13.6. The molecule has 124 valence electrons. The molecule has 4 nitrogen and oxygen atoms in total. The average Bonchev–Trinajstić information content (AvgIpc) is 3.05. The van der Waals surface area contributed by atoms with Crippen LogP contribution in [0.2, 0.25) is 0 Å². The van der Waals surface area contributed by atoms with Crippen molar-refractivity contribution in [1.82, 2.24) is 15.0 Å². The standard InChI is InChI=1S/C20H17FN4/c1-25(2)20-6-4-15(11-23-20)13-3-5-16(17(21)9-13)18-10-14-7-8-22-12-19(14)24-18/h3-12,24H,1-2H3. The van der Waals surface area contributed by atoms with E-state index in [-0.39, 0.29) is 5.82 Å². The largest absolute Gasteiger partial charge is 0.363 e. The molecule has 0 saturated heterocycles. The first-order valence-corrected chi connectivity index (χ1v) is 7.98. The lowest BCUT2D eigenvalue weighted by Crippen LogP contribution is -2.09. The van der Waals surface area contributed by atoms with Gasteiger partial charge in [-0.05, 0) is 42.0 Å². The number of pyridine rings is 2. The van der Waals surface area contributed by atoms with Crippen LogP contribution >= 0.6 is 0 Å². The lowest BCUT2D eigenvalue weighted by Gasteiger charge is -2.11. The molecular formula is C20H17FN4. The minimum atomic E-state index is -0.270. The lowest BCUT2D eigenvalue weighted by molar-refractivity contribution is 0.631. The summed E-state index contributed by atoms with van der Waals surface area (Å²) in [6.07, 6.45) is 5.23. The molecule has 1 aromatic carbocycles. The number of hydrogen-bond acceptors (Lipinski definition) is 3. The number of halogens is 1. The quantitative estimate of drug-likeness (QED) is 0.601. The molecule has 0 bridgehead atoms. The van der Waals surface area contributed by atoms with Crippen LogP contribution in [0.15, 0.2) is 61.1 Å². The molecule has 3 aromatic heterocycles. The van der Waals surface area contributed by atoms with E-state index in [1.54, 1.807) is 30.7 Å². The molecule has 0 amide bonds. The van der Waals surface area contributed by atoms with Crippen molar-refractivity contribution in [3.63, 3.8) is 0 Å². The van der Waals surface area contributed by atoms with Gasteiger partial charge in [0.25, 0.3) is 0 Å². The molecule has 4 aromatic rings. The van der Waals surface area contributed by atoms with Gasteiger partial charge in [0, 0.05) is 48.7 Å². The Bertz CT molecular complexity index is 1000. The van der Waals surface area contributed by atoms with Crippen molar-refractivity contribution in [2.24, 2.45) is 0 Å². The Morgan fingerprint density at radius 3 is 2.48 bits per heavy atom. The number of rotatable bonds is 3. The molecule has 0 aliphatic rings. The number of benzene rings is 1. The maximum Gasteiger partial charge on any atom is 0.133 e. The van der Waals surface area contributed by atoms with Gasteiger partial charge in [-0.1, -0.05) is 6.07 Å². The van der Waals surface area contributed by atoms with E-state index in [0.29, 0.717) is 5.56 Å². The molecule has 0 atom stereocenters. The average molecular weight is 332 g/mol. The molecule has 0 aliphatic carbocycles. The summed E-state index contributed by atoms with van der Waals surface area (Å²) in [6, 6.07) is 13.0. The molecule has 3 heterocycles. The minimum Gasteiger partial charge on any atom is -0.363 e. The van der Waals surface area contributed by atoms with Crippen molar-refractivity contribution < 1.29 is 4.39 Å². The fourth-order valence-corrected chi connectivity index (χ4v) is 2.85. The molecule has 0 radical (unpaired) electrons. The van der Waals surface area contributed by atoms with Gasteiger partial charge in [-0.2, -0.15) is 0 Å². The Hall–Kier alpha value is -3.21. The minimum absolute atomic E-state index is 0.270. The Morgan fingerprint density at radius 1 is 0.960 bits per heavy atom. The summed E-state index contributed by atoms with van der Waals surface area (Å²) < 4.78 is 14.7. The summed E-state index contributed by atoms with van der Waals surface area (Å²) in [5, 5.41) is 1.01. The fourth-order valence-electron chi connectivity index (χ4n) is 2.85. The van der Waals surface area contributed by atoms with Gasteiger partial charge in [0.15, 0.2) is 0 Å². The summed E-state index contributed by atoms with van der Waals surface area (Å²) in [7, 11) is 3.87. The highest BCUT2D eigenvalue weighted by Gasteiger charge is 2.10. The van der Waals surface area contributed by atoms with Crippen molar-refractivity contribution in [2.75, 3.05) is 19.0 Å². The summed E-state index contributed by atoms with van der Waals surface area (Å²) in [5.41, 5.74) is 3.86. The van der Waals surface area contributed by atoms with Gasteiger partial charge in [-0.15, -0.1) is 0 Å². The molecule has 0 fully saturated rings. The van der Waals surface area contributed by atoms with Crippen molar-refractivity contribution in [2.45, 2.75) is 0 Å². The van der Waals surface area contributed by atoms with Gasteiger partial charge in [-0.25, -0.2) is 9.37 Å². The van der Waals surface area contributed by atoms with Crippen LogP contribution in [0.3, 0.4) is 0 Å². The summed E-state index contributed by atoms with van der Waals surface area (Å²) in [6.45, 7) is 0. The first kappa shape index (κ1) is 15.3. The second-order valence-corrected chi connectivity index (χ2v) is 6.14. The SMILES string of the molecule is CN(C)c1ccc(-c2ccc(-c3cc4ccncc4[nH]3)c(F)c2)cn1. The van der Waals surface area contributed by atoms with Crippen LogP contribution in [-0.2, 0) is 0 Å². The van der Waals surface area contributed by atoms with Gasteiger partial charge in [0.2, 0.25) is 0 Å². The van der Waals surface area contributed by atoms with E-state index in [2.05, 4.69) is 15.0 Å². The molecule has 5 heteroatoms. The van der Waals surface area contributed by atoms with Crippen molar-refractivity contribution in [3.8, 4) is 22.4 Å². The molecule has 4 rings (SSSR count). The second-order valence-electron chi connectivity index (χ2n) is 6.14. The first-order chi connectivity index (χ1) is 12.1. The van der Waals surface area contributed by atoms with Crippen LogP contribution in [0.5, 0.6) is 0 Å². The topological polar surface area (TPSA) is 44.8 Å². The fraction of sp³-hybridized carbons (Fsp3) is 0.100. The van der Waals surface area contributed by atoms with E-state index in [9.17, 15) is 4.39 Å². The molecule has 25 heavy (non-hydrogen) atoms. The highest BCUT2D eigenvalue weighted by Crippen LogP contribution is 2.29. The third-order valence-electron chi connectivity index (χ3n) is 4.22. The number of nitrogens with zero attached hydrogens (tertiary/aromatic N) is 3. The molecule has 0 unspecified atom stereocenters. The third-order valence-corrected chi connectivity index (χ3v) is 4.22. The van der Waals surface area contributed by atoms with Gasteiger partial charge in [0.05, 0.1) is 11.7 Å². The van der Waals surface area contributed by atoms with Gasteiger partial charge < -0.3 is 9.88 Å². The number of aromatic nitrogens is 3. The zero-order valence-corrected chi connectivity index (χ0v) is 14.0. The summed E-state index contributed by atoms with van der Waals surface area (Å²) in [5.74, 6) is 0.598. The van der Waals surface area contributed by atoms with E-state index >= 15 is 0 Å². The zero-order valence-electron chi connectivity index (χ0n) is 14.0. The Morgan fingerprint density at radius 2 is 1.80 bits per heavy atom. The van der Waals surface area contributed by atoms with Gasteiger partial charge in [0.1, 0.15) is 11.6 Å². The Balaban J connectivity index is 1.70.